The van der Waals surface area contributed by atoms with Crippen molar-refractivity contribution < 1.29 is 13.2 Å². The Kier molecular flexibility index (Phi) is 6.55. The van der Waals surface area contributed by atoms with Crippen LogP contribution < -0.4 is 9.62 Å². The van der Waals surface area contributed by atoms with Gasteiger partial charge in [0.05, 0.1) is 11.9 Å². The average Bonchev–Trinajstić information content (AvgIpc) is 2.57. The molecule has 0 aliphatic heterocycles. The van der Waals surface area contributed by atoms with Crippen LogP contribution in [0.5, 0.6) is 0 Å². The van der Waals surface area contributed by atoms with Crippen LogP contribution in [0.25, 0.3) is 0 Å². The quantitative estimate of drug-likeness (QED) is 0.770. The first-order valence-electron chi connectivity index (χ1n) is 9.33. The summed E-state index contributed by atoms with van der Waals surface area (Å²) in [6.45, 7) is 9.38. The second-order valence-corrected chi connectivity index (χ2v) is 9.90. The number of hydrogen-bond acceptors (Lipinski definition) is 3. The highest BCUT2D eigenvalue weighted by Crippen LogP contribution is 2.24. The Morgan fingerprint density at radius 2 is 1.68 bits per heavy atom. The number of nitrogens with one attached hydrogen (secondary N) is 1. The van der Waals surface area contributed by atoms with Crippen LogP contribution in [0, 0.1) is 13.8 Å². The molecule has 0 aliphatic rings. The van der Waals surface area contributed by atoms with E-state index in [0.29, 0.717) is 12.1 Å². The van der Waals surface area contributed by atoms with Crippen LogP contribution in [0.3, 0.4) is 0 Å². The van der Waals surface area contributed by atoms with Gasteiger partial charge in [0, 0.05) is 5.54 Å². The maximum atomic E-state index is 12.9. The highest BCUT2D eigenvalue weighted by molar-refractivity contribution is 7.92. The van der Waals surface area contributed by atoms with Crippen molar-refractivity contribution >= 4 is 21.6 Å². The Labute approximate surface area is 168 Å². The van der Waals surface area contributed by atoms with Gasteiger partial charge in [-0.25, -0.2) is 8.42 Å². The molecule has 28 heavy (non-hydrogen) atoms. The van der Waals surface area contributed by atoms with E-state index in [1.54, 1.807) is 19.1 Å². The maximum absolute atomic E-state index is 12.9. The highest BCUT2D eigenvalue weighted by atomic mass is 32.2. The number of benzene rings is 2. The van der Waals surface area contributed by atoms with Crippen molar-refractivity contribution in [1.82, 2.24) is 5.32 Å². The molecular formula is C22H30N2O3S. The van der Waals surface area contributed by atoms with Crippen LogP contribution >= 0.6 is 0 Å². The molecule has 0 aromatic heterocycles. The Morgan fingerprint density at radius 3 is 2.21 bits per heavy atom. The summed E-state index contributed by atoms with van der Waals surface area (Å²) >= 11 is 0. The van der Waals surface area contributed by atoms with Crippen LogP contribution in [-0.2, 0) is 21.2 Å². The van der Waals surface area contributed by atoms with Gasteiger partial charge in [-0.1, -0.05) is 36.4 Å². The molecule has 1 unspecified atom stereocenters. The van der Waals surface area contributed by atoms with E-state index >= 15 is 0 Å². The molecule has 0 radical (unpaired) electrons. The van der Waals surface area contributed by atoms with Crippen LogP contribution in [0.15, 0.2) is 48.5 Å². The van der Waals surface area contributed by atoms with Crippen molar-refractivity contribution in [3.63, 3.8) is 0 Å². The number of anilines is 1. The molecule has 2 aromatic rings. The molecule has 2 rings (SSSR count). The van der Waals surface area contributed by atoms with E-state index in [1.807, 2.05) is 64.1 Å². The van der Waals surface area contributed by atoms with Gasteiger partial charge >= 0.3 is 0 Å². The minimum Gasteiger partial charge on any atom is -0.349 e. The molecule has 5 nitrogen and oxygen atoms in total. The van der Waals surface area contributed by atoms with Gasteiger partial charge in [-0.3, -0.25) is 9.10 Å². The molecule has 0 heterocycles. The van der Waals surface area contributed by atoms with E-state index in [1.165, 1.54) is 4.31 Å². The van der Waals surface area contributed by atoms with Crippen LogP contribution in [0.1, 0.15) is 37.5 Å². The summed E-state index contributed by atoms with van der Waals surface area (Å²) < 4.78 is 26.1. The smallest absolute Gasteiger partial charge is 0.244 e. The minimum absolute atomic E-state index is 0.329. The summed E-state index contributed by atoms with van der Waals surface area (Å²) in [5, 5.41) is 3.01. The zero-order valence-corrected chi connectivity index (χ0v) is 18.3. The first-order chi connectivity index (χ1) is 12.9. The third-order valence-corrected chi connectivity index (χ3v) is 6.03. The van der Waals surface area contributed by atoms with Crippen molar-refractivity contribution in [2.24, 2.45) is 0 Å². The number of aryl methyl sites for hydroxylation is 2. The third kappa shape index (κ3) is 5.58. The van der Waals surface area contributed by atoms with Crippen molar-refractivity contribution in [2.45, 2.75) is 52.6 Å². The van der Waals surface area contributed by atoms with Gasteiger partial charge in [-0.15, -0.1) is 0 Å². The second-order valence-electron chi connectivity index (χ2n) is 8.04. The maximum Gasteiger partial charge on any atom is 0.244 e. The van der Waals surface area contributed by atoms with Crippen LogP contribution in [0.2, 0.25) is 0 Å². The predicted molar refractivity (Wildman–Crippen MR) is 115 cm³/mol. The number of carbonyl (C=O) groups excluding carboxylic acids is 1. The number of nitrogens with zero attached hydrogens (tertiary/aromatic N) is 1. The summed E-state index contributed by atoms with van der Waals surface area (Å²) in [4.78, 5) is 12.9. The number of amides is 1. The van der Waals surface area contributed by atoms with Gasteiger partial charge < -0.3 is 5.32 Å². The lowest BCUT2D eigenvalue weighted by Crippen LogP contribution is -2.54. The van der Waals surface area contributed by atoms with E-state index in [4.69, 9.17) is 0 Å². The molecule has 0 saturated heterocycles. The van der Waals surface area contributed by atoms with Gasteiger partial charge in [-0.05, 0) is 69.9 Å². The van der Waals surface area contributed by atoms with Gasteiger partial charge in [0.25, 0.3) is 0 Å². The molecule has 0 bridgehead atoms. The normalized spacial score (nSPS) is 13.1. The fourth-order valence-corrected chi connectivity index (χ4v) is 4.43. The molecule has 0 aliphatic carbocycles. The van der Waals surface area contributed by atoms with Crippen molar-refractivity contribution in [1.29, 1.82) is 0 Å². The van der Waals surface area contributed by atoms with E-state index in [9.17, 15) is 13.2 Å². The summed E-state index contributed by atoms with van der Waals surface area (Å²) in [6, 6.07) is 14.4. The lowest BCUT2D eigenvalue weighted by molar-refractivity contribution is -0.123. The zero-order chi connectivity index (χ0) is 21.1. The van der Waals surface area contributed by atoms with E-state index in [2.05, 4.69) is 5.32 Å². The molecule has 0 fully saturated rings. The number of carbonyl (C=O) groups is 1. The van der Waals surface area contributed by atoms with Gasteiger partial charge in [0.2, 0.25) is 15.9 Å². The minimum atomic E-state index is -3.63. The lowest BCUT2D eigenvalue weighted by atomic mass is 9.94. The fourth-order valence-electron chi connectivity index (χ4n) is 3.26. The number of hydrogen-bond donors (Lipinski definition) is 1. The molecule has 1 amide bonds. The highest BCUT2D eigenvalue weighted by Gasteiger charge is 2.32. The monoisotopic (exact) mass is 402 g/mol. The standard InChI is InChI=1S/C22H30N2O3S/c1-16-12-13-20(14-17(16)2)24(28(6,26)27)18(3)21(25)23-22(4,5)15-19-10-8-7-9-11-19/h7-14,18H,15H2,1-6H3,(H,23,25). The average molecular weight is 403 g/mol. The Morgan fingerprint density at radius 1 is 1.07 bits per heavy atom. The SMILES string of the molecule is Cc1ccc(N(C(C)C(=O)NC(C)(C)Cc2ccccc2)S(C)(=O)=O)cc1C. The second kappa shape index (κ2) is 8.35. The third-order valence-electron chi connectivity index (χ3n) is 4.78. The van der Waals surface area contributed by atoms with E-state index in [0.717, 1.165) is 22.9 Å². The predicted octanol–water partition coefficient (Wildman–Crippen LogP) is 3.60. The van der Waals surface area contributed by atoms with Crippen LogP contribution in [-0.4, -0.2) is 32.2 Å². The molecule has 6 heteroatoms. The molecule has 1 N–H and O–H groups in total. The number of sulfonamides is 1. The van der Waals surface area contributed by atoms with Gasteiger partial charge in [0.15, 0.2) is 0 Å². The molecule has 1 atom stereocenters. The van der Waals surface area contributed by atoms with Crippen molar-refractivity contribution in [3.05, 3.63) is 65.2 Å². The number of rotatable bonds is 7. The Balaban J connectivity index is 2.25. The summed E-state index contributed by atoms with van der Waals surface area (Å²) in [5.74, 6) is -0.329. The Hall–Kier alpha value is -2.34. The summed E-state index contributed by atoms with van der Waals surface area (Å²) in [5.41, 5.74) is 3.13. The van der Waals surface area contributed by atoms with E-state index < -0.39 is 21.6 Å². The first-order valence-corrected chi connectivity index (χ1v) is 11.2. The zero-order valence-electron chi connectivity index (χ0n) is 17.5. The lowest BCUT2D eigenvalue weighted by Gasteiger charge is -2.33. The largest absolute Gasteiger partial charge is 0.349 e. The molecule has 0 spiro atoms. The van der Waals surface area contributed by atoms with Gasteiger partial charge in [-0.2, -0.15) is 0 Å². The molecule has 152 valence electrons. The van der Waals surface area contributed by atoms with Crippen LogP contribution in [0.4, 0.5) is 5.69 Å². The topological polar surface area (TPSA) is 66.5 Å². The van der Waals surface area contributed by atoms with Crippen molar-refractivity contribution in [2.75, 3.05) is 10.6 Å². The molecule has 0 saturated carbocycles. The summed E-state index contributed by atoms with van der Waals surface area (Å²) in [6.07, 6.45) is 1.77. The fraction of sp³-hybridized carbons (Fsp3) is 0.409. The molecule has 2 aromatic carbocycles. The summed E-state index contributed by atoms with van der Waals surface area (Å²) in [7, 11) is -3.63. The first kappa shape index (κ1) is 22.0. The van der Waals surface area contributed by atoms with Gasteiger partial charge in [0.1, 0.15) is 6.04 Å². The van der Waals surface area contributed by atoms with Crippen molar-refractivity contribution in [3.8, 4) is 0 Å². The van der Waals surface area contributed by atoms with E-state index in [-0.39, 0.29) is 5.91 Å². The molecular weight excluding hydrogens is 372 g/mol. The Bertz CT molecular complexity index is 938.